The first-order valence-corrected chi connectivity index (χ1v) is 7.68. The summed E-state index contributed by atoms with van der Waals surface area (Å²) in [7, 11) is 0. The summed E-state index contributed by atoms with van der Waals surface area (Å²) in [5, 5.41) is 11.8. The van der Waals surface area contributed by atoms with E-state index < -0.39 is 12.0 Å². The number of aliphatic carboxylic acids is 1. The van der Waals surface area contributed by atoms with Crippen molar-refractivity contribution in [3.63, 3.8) is 0 Å². The van der Waals surface area contributed by atoms with E-state index in [1.54, 1.807) is 0 Å². The van der Waals surface area contributed by atoms with Gasteiger partial charge in [0.05, 0.1) is 0 Å². The van der Waals surface area contributed by atoms with Crippen molar-refractivity contribution in [2.75, 3.05) is 6.54 Å². The first kappa shape index (κ1) is 18.9. The summed E-state index contributed by atoms with van der Waals surface area (Å²) < 4.78 is 0. The molecule has 0 aliphatic heterocycles. The van der Waals surface area contributed by atoms with Gasteiger partial charge in [-0.25, -0.2) is 4.79 Å². The lowest BCUT2D eigenvalue weighted by atomic mass is 9.94. The smallest absolute Gasteiger partial charge is 0.326 e. The normalized spacial score (nSPS) is 15.4. The SMILES string of the molecule is CCCC(CCN)CCC(=O)NC(C(=O)O)C(C)CC. The molecule has 0 spiro atoms. The van der Waals surface area contributed by atoms with Crippen LogP contribution < -0.4 is 11.1 Å². The van der Waals surface area contributed by atoms with Crippen molar-refractivity contribution in [2.24, 2.45) is 17.6 Å². The molecule has 0 aromatic rings. The summed E-state index contributed by atoms with van der Waals surface area (Å²) in [5.74, 6) is -0.731. The monoisotopic (exact) mass is 286 g/mol. The van der Waals surface area contributed by atoms with Gasteiger partial charge in [-0.15, -0.1) is 0 Å². The number of hydrogen-bond acceptors (Lipinski definition) is 3. The Morgan fingerprint density at radius 3 is 2.30 bits per heavy atom. The fraction of sp³-hybridized carbons (Fsp3) is 0.867. The number of amides is 1. The van der Waals surface area contributed by atoms with E-state index >= 15 is 0 Å². The van der Waals surface area contributed by atoms with Gasteiger partial charge in [-0.1, -0.05) is 40.0 Å². The Hall–Kier alpha value is -1.10. The van der Waals surface area contributed by atoms with Gasteiger partial charge in [0.25, 0.3) is 0 Å². The van der Waals surface area contributed by atoms with E-state index in [1.165, 1.54) is 0 Å². The molecule has 0 fully saturated rings. The van der Waals surface area contributed by atoms with E-state index in [0.29, 0.717) is 18.9 Å². The van der Waals surface area contributed by atoms with Gasteiger partial charge >= 0.3 is 5.97 Å². The van der Waals surface area contributed by atoms with Gasteiger partial charge in [0.1, 0.15) is 6.04 Å². The van der Waals surface area contributed by atoms with Crippen molar-refractivity contribution in [1.29, 1.82) is 0 Å². The van der Waals surface area contributed by atoms with Crippen molar-refractivity contribution in [2.45, 2.75) is 65.3 Å². The first-order valence-electron chi connectivity index (χ1n) is 7.68. The van der Waals surface area contributed by atoms with Crippen LogP contribution in [0.25, 0.3) is 0 Å². The molecule has 0 heterocycles. The van der Waals surface area contributed by atoms with Crippen LogP contribution in [-0.4, -0.2) is 29.6 Å². The number of carbonyl (C=O) groups is 2. The minimum absolute atomic E-state index is 0.0630. The van der Waals surface area contributed by atoms with Crippen molar-refractivity contribution >= 4 is 11.9 Å². The molecule has 0 saturated heterocycles. The molecule has 0 aliphatic rings. The van der Waals surface area contributed by atoms with E-state index in [9.17, 15) is 9.59 Å². The molecule has 3 atom stereocenters. The third-order valence-electron chi connectivity index (χ3n) is 3.85. The average molecular weight is 286 g/mol. The Labute approximate surface area is 122 Å². The molecule has 118 valence electrons. The van der Waals surface area contributed by atoms with Crippen molar-refractivity contribution in [3.8, 4) is 0 Å². The van der Waals surface area contributed by atoms with Gasteiger partial charge in [-0.2, -0.15) is 0 Å². The second kappa shape index (κ2) is 10.7. The molecular formula is C15H30N2O3. The third kappa shape index (κ3) is 7.48. The highest BCUT2D eigenvalue weighted by Crippen LogP contribution is 2.17. The van der Waals surface area contributed by atoms with E-state index in [0.717, 1.165) is 32.1 Å². The number of rotatable bonds is 11. The predicted octanol–water partition coefficient (Wildman–Crippen LogP) is 2.15. The third-order valence-corrected chi connectivity index (χ3v) is 3.85. The molecule has 20 heavy (non-hydrogen) atoms. The van der Waals surface area contributed by atoms with Crippen molar-refractivity contribution in [3.05, 3.63) is 0 Å². The summed E-state index contributed by atoms with van der Waals surface area (Å²) in [5.41, 5.74) is 5.57. The number of carbonyl (C=O) groups excluding carboxylic acids is 1. The summed E-state index contributed by atoms with van der Waals surface area (Å²) >= 11 is 0. The zero-order valence-corrected chi connectivity index (χ0v) is 13.0. The Bertz CT molecular complexity index is 289. The maximum atomic E-state index is 11.9. The van der Waals surface area contributed by atoms with E-state index in [2.05, 4.69) is 12.2 Å². The highest BCUT2D eigenvalue weighted by molar-refractivity contribution is 5.83. The van der Waals surface area contributed by atoms with Crippen LogP contribution >= 0.6 is 0 Å². The summed E-state index contributed by atoms with van der Waals surface area (Å²) in [4.78, 5) is 23.0. The maximum Gasteiger partial charge on any atom is 0.326 e. The molecule has 5 heteroatoms. The molecule has 1 amide bonds. The Morgan fingerprint density at radius 1 is 1.20 bits per heavy atom. The molecule has 0 bridgehead atoms. The molecule has 0 aliphatic carbocycles. The minimum Gasteiger partial charge on any atom is -0.480 e. The second-order valence-corrected chi connectivity index (χ2v) is 5.54. The highest BCUT2D eigenvalue weighted by atomic mass is 16.4. The zero-order valence-electron chi connectivity index (χ0n) is 13.0. The van der Waals surface area contributed by atoms with Gasteiger partial charge in [0.15, 0.2) is 0 Å². The van der Waals surface area contributed by atoms with Gasteiger partial charge in [0, 0.05) is 6.42 Å². The Balaban J connectivity index is 4.27. The molecular weight excluding hydrogens is 256 g/mol. The summed E-state index contributed by atoms with van der Waals surface area (Å²) in [6, 6.07) is -0.786. The standard InChI is InChI=1S/C15H30N2O3/c1-4-6-12(9-10-16)7-8-13(18)17-14(15(19)20)11(3)5-2/h11-12,14H,4-10,16H2,1-3H3,(H,17,18)(H,19,20). The molecule has 5 nitrogen and oxygen atoms in total. The number of nitrogens with two attached hydrogens (primary N) is 1. The topological polar surface area (TPSA) is 92.4 Å². The Morgan fingerprint density at radius 2 is 1.85 bits per heavy atom. The Kier molecular flexibility index (Phi) is 10.1. The molecule has 3 unspecified atom stereocenters. The molecule has 0 rings (SSSR count). The van der Waals surface area contributed by atoms with Gasteiger partial charge in [-0.05, 0) is 31.2 Å². The van der Waals surface area contributed by atoms with Gasteiger partial charge in [-0.3, -0.25) is 4.79 Å². The van der Waals surface area contributed by atoms with Gasteiger partial charge in [0.2, 0.25) is 5.91 Å². The average Bonchev–Trinajstić information content (AvgIpc) is 2.41. The quantitative estimate of drug-likeness (QED) is 0.542. The predicted molar refractivity (Wildman–Crippen MR) is 80.3 cm³/mol. The van der Waals surface area contributed by atoms with E-state index in [1.807, 2.05) is 13.8 Å². The number of carboxylic acid groups (broad SMARTS) is 1. The molecule has 0 aromatic heterocycles. The molecule has 0 aromatic carbocycles. The molecule has 4 N–H and O–H groups in total. The van der Waals surface area contributed by atoms with Crippen LogP contribution in [-0.2, 0) is 9.59 Å². The van der Waals surface area contributed by atoms with Crippen LogP contribution in [0.3, 0.4) is 0 Å². The molecule has 0 saturated carbocycles. The zero-order chi connectivity index (χ0) is 15.5. The fourth-order valence-corrected chi connectivity index (χ4v) is 2.34. The maximum absolute atomic E-state index is 11.9. The minimum atomic E-state index is -0.959. The van der Waals surface area contributed by atoms with Crippen LogP contribution in [0.2, 0.25) is 0 Å². The lowest BCUT2D eigenvalue weighted by Crippen LogP contribution is -2.45. The van der Waals surface area contributed by atoms with Crippen LogP contribution in [0.1, 0.15) is 59.3 Å². The van der Waals surface area contributed by atoms with Crippen LogP contribution in [0.15, 0.2) is 0 Å². The van der Waals surface area contributed by atoms with Crippen molar-refractivity contribution in [1.82, 2.24) is 5.32 Å². The van der Waals surface area contributed by atoms with E-state index in [-0.39, 0.29) is 11.8 Å². The number of carboxylic acids is 1. The van der Waals surface area contributed by atoms with Crippen LogP contribution in [0, 0.1) is 11.8 Å². The van der Waals surface area contributed by atoms with Crippen LogP contribution in [0.5, 0.6) is 0 Å². The van der Waals surface area contributed by atoms with Crippen molar-refractivity contribution < 1.29 is 14.7 Å². The number of nitrogens with one attached hydrogen (secondary N) is 1. The molecule has 0 radical (unpaired) electrons. The fourth-order valence-electron chi connectivity index (χ4n) is 2.34. The summed E-state index contributed by atoms with van der Waals surface area (Å²) in [6.07, 6.45) is 4.96. The van der Waals surface area contributed by atoms with Gasteiger partial charge < -0.3 is 16.2 Å². The largest absolute Gasteiger partial charge is 0.480 e. The summed E-state index contributed by atoms with van der Waals surface area (Å²) in [6.45, 7) is 6.52. The lowest BCUT2D eigenvalue weighted by molar-refractivity contribution is -0.143. The van der Waals surface area contributed by atoms with E-state index in [4.69, 9.17) is 10.8 Å². The lowest BCUT2D eigenvalue weighted by Gasteiger charge is -2.21. The first-order chi connectivity index (χ1) is 9.46. The highest BCUT2D eigenvalue weighted by Gasteiger charge is 2.25. The van der Waals surface area contributed by atoms with Crippen LogP contribution in [0.4, 0.5) is 0 Å². The second-order valence-electron chi connectivity index (χ2n) is 5.54. The number of hydrogen-bond donors (Lipinski definition) is 3.